The summed E-state index contributed by atoms with van der Waals surface area (Å²) >= 11 is 0. The van der Waals surface area contributed by atoms with Crippen LogP contribution < -0.4 is 4.90 Å². The molecule has 142 valence electrons. The first-order valence-corrected chi connectivity index (χ1v) is 8.32. The number of imide groups is 1. The van der Waals surface area contributed by atoms with Gasteiger partial charge in [-0.25, -0.2) is 9.69 Å². The third kappa shape index (κ3) is 3.67. The molecule has 1 unspecified atom stereocenters. The molecule has 0 bridgehead atoms. The minimum absolute atomic E-state index is 0.174. The molecular weight excluding hydrogens is 359 g/mol. The number of para-hydroxylation sites is 1. The molecule has 1 heterocycles. The first kappa shape index (κ1) is 18.9. The molecule has 0 spiro atoms. The topological polar surface area (TPSA) is 46.6 Å². The van der Waals surface area contributed by atoms with Crippen molar-refractivity contribution in [1.29, 1.82) is 0 Å². The number of benzene rings is 2. The van der Waals surface area contributed by atoms with Crippen molar-refractivity contribution in [3.8, 4) is 0 Å². The Bertz CT molecular complexity index is 900. The second-order valence-electron chi connectivity index (χ2n) is 7.27. The van der Waals surface area contributed by atoms with Gasteiger partial charge in [0.2, 0.25) is 5.91 Å². The van der Waals surface area contributed by atoms with Gasteiger partial charge in [-0.05, 0) is 44.0 Å². The summed E-state index contributed by atoms with van der Waals surface area (Å²) in [5, 5.41) is 0. The van der Waals surface area contributed by atoms with Crippen LogP contribution in [-0.4, -0.2) is 17.6 Å². The van der Waals surface area contributed by atoms with E-state index in [9.17, 15) is 22.8 Å². The molecule has 0 radical (unpaired) electrons. The SMILES string of the molecule is CC(C)(C)OC(=O)N1C(=O)C(c2cccc(C(F)(F)F)c2)c2ccccc21. The zero-order valence-electron chi connectivity index (χ0n) is 15.0. The summed E-state index contributed by atoms with van der Waals surface area (Å²) in [5.74, 6) is -1.64. The van der Waals surface area contributed by atoms with Gasteiger partial charge in [0.15, 0.2) is 0 Å². The molecule has 0 aromatic heterocycles. The number of carbonyl (C=O) groups excluding carboxylic acids is 2. The van der Waals surface area contributed by atoms with E-state index < -0.39 is 35.3 Å². The molecular formula is C20H18F3NO3. The van der Waals surface area contributed by atoms with E-state index in [2.05, 4.69) is 0 Å². The minimum atomic E-state index is -4.53. The van der Waals surface area contributed by atoms with Crippen molar-refractivity contribution in [1.82, 2.24) is 0 Å². The van der Waals surface area contributed by atoms with Gasteiger partial charge >= 0.3 is 12.3 Å². The van der Waals surface area contributed by atoms with Crippen molar-refractivity contribution >= 4 is 17.7 Å². The fourth-order valence-electron chi connectivity index (χ4n) is 3.03. The summed E-state index contributed by atoms with van der Waals surface area (Å²) in [4.78, 5) is 26.4. The number of amides is 2. The molecule has 1 aliphatic heterocycles. The zero-order valence-corrected chi connectivity index (χ0v) is 15.0. The van der Waals surface area contributed by atoms with Crippen LogP contribution in [-0.2, 0) is 15.7 Å². The Labute approximate surface area is 154 Å². The summed E-state index contributed by atoms with van der Waals surface area (Å²) in [7, 11) is 0. The van der Waals surface area contributed by atoms with E-state index in [0.29, 0.717) is 11.3 Å². The summed E-state index contributed by atoms with van der Waals surface area (Å²) in [6, 6.07) is 11.1. The number of hydrogen-bond acceptors (Lipinski definition) is 3. The number of halogens is 3. The van der Waals surface area contributed by atoms with Crippen LogP contribution in [0.2, 0.25) is 0 Å². The van der Waals surface area contributed by atoms with Crippen LogP contribution in [0.15, 0.2) is 48.5 Å². The molecule has 2 aromatic rings. The van der Waals surface area contributed by atoms with Gasteiger partial charge in [0.25, 0.3) is 0 Å². The number of alkyl halides is 3. The van der Waals surface area contributed by atoms with E-state index in [1.165, 1.54) is 12.1 Å². The normalized spacial score (nSPS) is 17.0. The molecule has 7 heteroatoms. The average molecular weight is 377 g/mol. The number of fused-ring (bicyclic) bond motifs is 1. The standard InChI is InChI=1S/C20H18F3NO3/c1-19(2,3)27-18(26)24-15-10-5-4-9-14(15)16(17(24)25)12-7-6-8-13(11-12)20(21,22)23/h4-11,16H,1-3H3. The lowest BCUT2D eigenvalue weighted by Crippen LogP contribution is -2.39. The van der Waals surface area contributed by atoms with Crippen molar-refractivity contribution < 1.29 is 27.5 Å². The van der Waals surface area contributed by atoms with E-state index in [1.807, 2.05) is 0 Å². The van der Waals surface area contributed by atoms with Gasteiger partial charge in [0, 0.05) is 0 Å². The van der Waals surface area contributed by atoms with Crippen molar-refractivity contribution in [3.63, 3.8) is 0 Å². The molecule has 2 amide bonds. The molecule has 2 aromatic carbocycles. The largest absolute Gasteiger partial charge is 0.443 e. The van der Waals surface area contributed by atoms with Gasteiger partial charge in [-0.1, -0.05) is 36.4 Å². The smallest absolute Gasteiger partial charge is 0.421 e. The van der Waals surface area contributed by atoms with E-state index >= 15 is 0 Å². The number of carbonyl (C=O) groups is 2. The van der Waals surface area contributed by atoms with E-state index in [0.717, 1.165) is 17.0 Å². The third-order valence-corrected chi connectivity index (χ3v) is 4.08. The van der Waals surface area contributed by atoms with Crippen LogP contribution >= 0.6 is 0 Å². The van der Waals surface area contributed by atoms with Gasteiger partial charge < -0.3 is 4.74 Å². The van der Waals surface area contributed by atoms with Crippen LogP contribution in [0.4, 0.5) is 23.7 Å². The number of anilines is 1. The minimum Gasteiger partial charge on any atom is -0.443 e. The molecule has 0 aliphatic carbocycles. The summed E-state index contributed by atoms with van der Waals surface area (Å²) in [6.45, 7) is 5.00. The van der Waals surface area contributed by atoms with Gasteiger partial charge in [-0.2, -0.15) is 13.2 Å². The fraction of sp³-hybridized carbons (Fsp3) is 0.300. The second kappa shape index (κ2) is 6.40. The molecule has 1 atom stereocenters. The van der Waals surface area contributed by atoms with Crippen molar-refractivity contribution in [2.24, 2.45) is 0 Å². The van der Waals surface area contributed by atoms with Crippen LogP contribution in [0.3, 0.4) is 0 Å². The maximum Gasteiger partial charge on any atom is 0.421 e. The molecule has 0 fully saturated rings. The number of rotatable bonds is 1. The lowest BCUT2D eigenvalue weighted by molar-refractivity contribution is -0.137. The van der Waals surface area contributed by atoms with Crippen molar-refractivity contribution in [2.45, 2.75) is 38.5 Å². The van der Waals surface area contributed by atoms with Gasteiger partial charge in [0.1, 0.15) is 5.60 Å². The van der Waals surface area contributed by atoms with Gasteiger partial charge in [-0.15, -0.1) is 0 Å². The second-order valence-corrected chi connectivity index (χ2v) is 7.27. The van der Waals surface area contributed by atoms with Gasteiger partial charge in [0.05, 0.1) is 17.2 Å². The molecule has 4 nitrogen and oxygen atoms in total. The summed E-state index contributed by atoms with van der Waals surface area (Å²) < 4.78 is 44.5. The van der Waals surface area contributed by atoms with E-state index in [4.69, 9.17) is 4.74 Å². The molecule has 0 N–H and O–H groups in total. The predicted molar refractivity (Wildman–Crippen MR) is 93.4 cm³/mol. The number of hydrogen-bond donors (Lipinski definition) is 0. The van der Waals surface area contributed by atoms with E-state index in [1.54, 1.807) is 45.0 Å². The first-order chi connectivity index (χ1) is 12.5. The number of nitrogens with zero attached hydrogens (tertiary/aromatic N) is 1. The highest BCUT2D eigenvalue weighted by molar-refractivity contribution is 6.20. The number of ether oxygens (including phenoxy) is 1. The van der Waals surface area contributed by atoms with Crippen molar-refractivity contribution in [3.05, 3.63) is 65.2 Å². The molecule has 0 saturated heterocycles. The zero-order chi connectivity index (χ0) is 20.0. The Hall–Kier alpha value is -2.83. The first-order valence-electron chi connectivity index (χ1n) is 8.32. The fourth-order valence-corrected chi connectivity index (χ4v) is 3.03. The average Bonchev–Trinajstić information content (AvgIpc) is 2.84. The Morgan fingerprint density at radius 2 is 1.70 bits per heavy atom. The predicted octanol–water partition coefficient (Wildman–Crippen LogP) is 5.12. The van der Waals surface area contributed by atoms with Crippen LogP contribution in [0.25, 0.3) is 0 Å². The Balaban J connectivity index is 2.06. The highest BCUT2D eigenvalue weighted by Gasteiger charge is 2.43. The van der Waals surface area contributed by atoms with Crippen LogP contribution in [0, 0.1) is 0 Å². The van der Waals surface area contributed by atoms with Crippen LogP contribution in [0.1, 0.15) is 43.4 Å². The molecule has 3 rings (SSSR count). The highest BCUT2D eigenvalue weighted by Crippen LogP contribution is 2.42. The maximum absolute atomic E-state index is 13.1. The maximum atomic E-state index is 13.1. The molecule has 27 heavy (non-hydrogen) atoms. The van der Waals surface area contributed by atoms with Crippen LogP contribution in [0.5, 0.6) is 0 Å². The lowest BCUT2D eigenvalue weighted by atomic mass is 9.91. The van der Waals surface area contributed by atoms with Crippen molar-refractivity contribution in [2.75, 3.05) is 4.90 Å². The third-order valence-electron chi connectivity index (χ3n) is 4.08. The molecule has 1 aliphatic rings. The quantitative estimate of drug-likeness (QED) is 0.693. The highest BCUT2D eigenvalue weighted by atomic mass is 19.4. The lowest BCUT2D eigenvalue weighted by Gasteiger charge is -2.24. The Kier molecular flexibility index (Phi) is 4.49. The monoisotopic (exact) mass is 377 g/mol. The van der Waals surface area contributed by atoms with E-state index in [-0.39, 0.29) is 5.56 Å². The Morgan fingerprint density at radius 1 is 1.04 bits per heavy atom. The molecule has 0 saturated carbocycles. The van der Waals surface area contributed by atoms with Gasteiger partial charge in [-0.3, -0.25) is 4.79 Å². The Morgan fingerprint density at radius 3 is 2.33 bits per heavy atom. The summed E-state index contributed by atoms with van der Waals surface area (Å²) in [5.41, 5.74) is -0.707. The summed E-state index contributed by atoms with van der Waals surface area (Å²) in [6.07, 6.45) is -5.38.